The van der Waals surface area contributed by atoms with Gasteiger partial charge in [0.05, 0.1) is 17.1 Å². The highest BCUT2D eigenvalue weighted by Gasteiger charge is 1.99. The van der Waals surface area contributed by atoms with Crippen molar-refractivity contribution in [3.63, 3.8) is 0 Å². The molecule has 0 amide bonds. The minimum atomic E-state index is 0.462. The lowest BCUT2D eigenvalue weighted by molar-refractivity contribution is 0.448. The fourth-order valence-electron chi connectivity index (χ4n) is 0.832. The molecule has 0 aromatic carbocycles. The molecule has 52 valence electrons. The molecule has 2 aromatic rings. The zero-order chi connectivity index (χ0) is 7.68. The molecule has 0 bridgehead atoms. The van der Waals surface area contributed by atoms with Gasteiger partial charge in [-0.05, 0) is 6.07 Å². The Morgan fingerprint density at radius 1 is 1.45 bits per heavy atom. The third kappa shape index (κ3) is 0.829. The van der Waals surface area contributed by atoms with Gasteiger partial charge in [0.2, 0.25) is 0 Å². The lowest BCUT2D eigenvalue weighted by atomic mass is 10.3. The molecule has 0 aliphatic heterocycles. The predicted molar refractivity (Wildman–Crippen MR) is 36.5 cm³/mol. The first-order valence-electron chi connectivity index (χ1n) is 3.01. The number of hydrogen-bond donors (Lipinski definition) is 0. The van der Waals surface area contributed by atoms with Gasteiger partial charge in [0.25, 0.3) is 5.71 Å². The number of rotatable bonds is 0. The van der Waals surface area contributed by atoms with Gasteiger partial charge in [0, 0.05) is 6.20 Å². The molecule has 0 aliphatic rings. The Kier molecular flexibility index (Phi) is 1.10. The molecule has 0 unspecified atom stereocenters. The van der Waals surface area contributed by atoms with Gasteiger partial charge in [-0.3, -0.25) is 0 Å². The maximum atomic E-state index is 8.49. The average molecular weight is 145 g/mol. The first kappa shape index (κ1) is 5.86. The zero-order valence-electron chi connectivity index (χ0n) is 5.48. The standard InChI is InChI=1S/C7H3N3O/c8-2-5-1-6-4-10-11-7(6)9-3-5/h1,3-4H. The van der Waals surface area contributed by atoms with Crippen LogP contribution in [0.5, 0.6) is 0 Å². The highest BCUT2D eigenvalue weighted by atomic mass is 16.5. The van der Waals surface area contributed by atoms with Crippen LogP contribution in [0.3, 0.4) is 0 Å². The van der Waals surface area contributed by atoms with Gasteiger partial charge in [-0.15, -0.1) is 0 Å². The normalized spacial score (nSPS) is 9.73. The van der Waals surface area contributed by atoms with E-state index in [-0.39, 0.29) is 0 Å². The van der Waals surface area contributed by atoms with E-state index in [2.05, 4.69) is 10.1 Å². The number of nitrogens with zero attached hydrogens (tertiary/aromatic N) is 3. The molecular formula is C7H3N3O. The Morgan fingerprint density at radius 3 is 3.18 bits per heavy atom. The summed E-state index contributed by atoms with van der Waals surface area (Å²) in [6.07, 6.45) is 2.98. The fourth-order valence-corrected chi connectivity index (χ4v) is 0.832. The van der Waals surface area contributed by atoms with Gasteiger partial charge in [-0.2, -0.15) is 5.26 Å². The summed E-state index contributed by atoms with van der Waals surface area (Å²) in [4.78, 5) is 3.86. The minimum Gasteiger partial charge on any atom is -0.336 e. The van der Waals surface area contributed by atoms with Crippen LogP contribution in [0.1, 0.15) is 5.56 Å². The zero-order valence-corrected chi connectivity index (χ0v) is 5.48. The first-order chi connectivity index (χ1) is 5.40. The third-order valence-corrected chi connectivity index (χ3v) is 1.34. The summed E-state index contributed by atoms with van der Waals surface area (Å²) >= 11 is 0. The van der Waals surface area contributed by atoms with Gasteiger partial charge >= 0.3 is 0 Å². The van der Waals surface area contributed by atoms with Crippen LogP contribution in [-0.4, -0.2) is 10.1 Å². The Hall–Kier alpha value is -1.89. The second-order valence-corrected chi connectivity index (χ2v) is 2.06. The molecule has 0 saturated carbocycles. The smallest absolute Gasteiger partial charge is 0.257 e. The van der Waals surface area contributed by atoms with Gasteiger partial charge in [-0.1, -0.05) is 5.16 Å². The van der Waals surface area contributed by atoms with E-state index in [0.717, 1.165) is 5.39 Å². The molecule has 4 nitrogen and oxygen atoms in total. The highest BCUT2D eigenvalue weighted by molar-refractivity contribution is 5.72. The molecule has 0 aliphatic carbocycles. The second kappa shape index (κ2) is 2.06. The van der Waals surface area contributed by atoms with Crippen molar-refractivity contribution in [3.05, 3.63) is 24.0 Å². The van der Waals surface area contributed by atoms with Crippen molar-refractivity contribution < 1.29 is 4.52 Å². The molecule has 0 radical (unpaired) electrons. The minimum absolute atomic E-state index is 0.462. The summed E-state index contributed by atoms with van der Waals surface area (Å²) in [5.41, 5.74) is 0.977. The van der Waals surface area contributed by atoms with Crippen LogP contribution in [-0.2, 0) is 0 Å². The van der Waals surface area contributed by atoms with Crippen LogP contribution in [0.15, 0.2) is 23.0 Å². The van der Waals surface area contributed by atoms with Crippen LogP contribution in [0.4, 0.5) is 0 Å². The molecule has 4 heteroatoms. The van der Waals surface area contributed by atoms with E-state index in [1.807, 2.05) is 6.07 Å². The summed E-state index contributed by atoms with van der Waals surface area (Å²) in [5, 5.41) is 12.8. The molecule has 2 heterocycles. The van der Waals surface area contributed by atoms with Crippen LogP contribution in [0.25, 0.3) is 11.1 Å². The Balaban J connectivity index is 2.79. The van der Waals surface area contributed by atoms with Gasteiger partial charge in [-0.25, -0.2) is 4.98 Å². The van der Waals surface area contributed by atoms with Gasteiger partial charge < -0.3 is 4.52 Å². The largest absolute Gasteiger partial charge is 0.336 e. The predicted octanol–water partition coefficient (Wildman–Crippen LogP) is 1.09. The topological polar surface area (TPSA) is 62.7 Å². The van der Waals surface area contributed by atoms with Crippen LogP contribution in [0.2, 0.25) is 0 Å². The average Bonchev–Trinajstić information content (AvgIpc) is 2.50. The Morgan fingerprint density at radius 2 is 2.36 bits per heavy atom. The summed E-state index contributed by atoms with van der Waals surface area (Å²) in [6.45, 7) is 0. The van der Waals surface area contributed by atoms with Crippen LogP contribution < -0.4 is 0 Å². The molecule has 0 spiro atoms. The molecule has 2 rings (SSSR count). The molecule has 0 fully saturated rings. The number of nitriles is 1. The lowest BCUT2D eigenvalue weighted by Crippen LogP contribution is -1.76. The quantitative estimate of drug-likeness (QED) is 0.556. The molecule has 0 atom stereocenters. The summed E-state index contributed by atoms with van der Waals surface area (Å²) in [5.74, 6) is 0. The van der Waals surface area contributed by atoms with Crippen molar-refractivity contribution in [3.8, 4) is 6.07 Å². The van der Waals surface area contributed by atoms with Crippen LogP contribution in [0, 0.1) is 11.3 Å². The lowest BCUT2D eigenvalue weighted by Gasteiger charge is -1.84. The Labute approximate surface area is 62.1 Å². The Bertz CT molecular complexity index is 426. The van der Waals surface area contributed by atoms with E-state index < -0.39 is 0 Å². The van der Waals surface area contributed by atoms with Crippen LogP contribution >= 0.6 is 0 Å². The first-order valence-corrected chi connectivity index (χ1v) is 3.01. The van der Waals surface area contributed by atoms with E-state index in [0.29, 0.717) is 11.3 Å². The molecule has 2 aromatic heterocycles. The van der Waals surface area contributed by atoms with E-state index in [9.17, 15) is 0 Å². The maximum Gasteiger partial charge on any atom is 0.257 e. The summed E-state index contributed by atoms with van der Waals surface area (Å²) in [6, 6.07) is 3.66. The van der Waals surface area contributed by atoms with E-state index in [1.54, 1.807) is 6.07 Å². The summed E-state index contributed by atoms with van der Waals surface area (Å²) < 4.78 is 4.75. The number of aromatic nitrogens is 2. The molecule has 0 saturated heterocycles. The van der Waals surface area contributed by atoms with E-state index in [1.165, 1.54) is 12.4 Å². The van der Waals surface area contributed by atoms with Crippen molar-refractivity contribution in [2.45, 2.75) is 0 Å². The van der Waals surface area contributed by atoms with Crippen molar-refractivity contribution in [2.75, 3.05) is 0 Å². The van der Waals surface area contributed by atoms with Crippen molar-refractivity contribution in [2.24, 2.45) is 0 Å². The number of hydrogen-bond acceptors (Lipinski definition) is 4. The number of fused-ring (bicyclic) bond motifs is 1. The monoisotopic (exact) mass is 145 g/mol. The second-order valence-electron chi connectivity index (χ2n) is 2.06. The van der Waals surface area contributed by atoms with Gasteiger partial charge in [0.1, 0.15) is 6.07 Å². The molecule has 11 heavy (non-hydrogen) atoms. The van der Waals surface area contributed by atoms with Crippen molar-refractivity contribution >= 4 is 11.1 Å². The van der Waals surface area contributed by atoms with Crippen molar-refractivity contribution in [1.29, 1.82) is 5.26 Å². The van der Waals surface area contributed by atoms with E-state index in [4.69, 9.17) is 9.78 Å². The fraction of sp³-hybridized carbons (Fsp3) is 0. The summed E-state index contributed by atoms with van der Waals surface area (Å²) in [7, 11) is 0. The molecule has 0 N–H and O–H groups in total. The van der Waals surface area contributed by atoms with E-state index >= 15 is 0 Å². The molecular weight excluding hydrogens is 142 g/mol. The third-order valence-electron chi connectivity index (χ3n) is 1.34. The number of pyridine rings is 1. The maximum absolute atomic E-state index is 8.49. The highest BCUT2D eigenvalue weighted by Crippen LogP contribution is 2.10. The SMILES string of the molecule is N#Cc1cnc2oncc2c1. The van der Waals surface area contributed by atoms with Crippen molar-refractivity contribution in [1.82, 2.24) is 10.1 Å². The van der Waals surface area contributed by atoms with Gasteiger partial charge in [0.15, 0.2) is 0 Å².